The van der Waals surface area contributed by atoms with E-state index in [1.54, 1.807) is 0 Å². The zero-order chi connectivity index (χ0) is 20.4. The molecule has 0 aliphatic rings. The molecule has 0 saturated heterocycles. The van der Waals surface area contributed by atoms with Crippen LogP contribution in [0.5, 0.6) is 0 Å². The zero-order valence-corrected chi connectivity index (χ0v) is 19.4. The van der Waals surface area contributed by atoms with E-state index in [9.17, 15) is 0 Å². The van der Waals surface area contributed by atoms with Gasteiger partial charge in [-0.15, -0.1) is 0 Å². The van der Waals surface area contributed by atoms with Gasteiger partial charge in [0.2, 0.25) is 0 Å². The Bertz CT molecular complexity index is 719. The molecule has 0 N–H and O–H groups in total. The summed E-state index contributed by atoms with van der Waals surface area (Å²) in [5.41, 5.74) is 3.19. The second kappa shape index (κ2) is 11.5. The van der Waals surface area contributed by atoms with Crippen molar-refractivity contribution < 1.29 is 33.3 Å². The van der Waals surface area contributed by atoms with Crippen molar-refractivity contribution in [2.75, 3.05) is 0 Å². The summed E-state index contributed by atoms with van der Waals surface area (Å²) in [4.78, 5) is 0. The summed E-state index contributed by atoms with van der Waals surface area (Å²) in [6, 6.07) is 30.1. The minimum atomic E-state index is -4.32. The van der Waals surface area contributed by atoms with Gasteiger partial charge in [-0.3, -0.25) is 0 Å². The van der Waals surface area contributed by atoms with Crippen LogP contribution in [0.25, 0.3) is 0 Å². The Morgan fingerprint density at radius 2 is 0.862 bits per heavy atom. The number of rotatable bonds is 11. The first kappa shape index (κ1) is 22.1. The molecule has 0 fully saturated rings. The van der Waals surface area contributed by atoms with Gasteiger partial charge in [0.15, 0.2) is 0 Å². The van der Waals surface area contributed by atoms with E-state index in [1.165, 1.54) is 0 Å². The molecule has 4 nitrogen and oxygen atoms in total. The Balaban J connectivity index is 1.77. The third kappa shape index (κ3) is 7.62. The van der Waals surface area contributed by atoms with Gasteiger partial charge in [-0.2, -0.15) is 0 Å². The van der Waals surface area contributed by atoms with Gasteiger partial charge in [-0.25, -0.2) is 0 Å². The monoisotopic (exact) mass is 470 g/mol. The standard InChI is InChI=1S/3C7H7O.C3H7O.Zr/c3*8-6-7-4-2-1-3-5-7;1-3(2)4;/h3*1-5H,6H2;3H,1-2H3;/q4*-1;+4. The third-order valence-electron chi connectivity index (χ3n) is 4.16. The summed E-state index contributed by atoms with van der Waals surface area (Å²) in [6.45, 7) is 5.15. The summed E-state index contributed by atoms with van der Waals surface area (Å²) in [5.74, 6) is 0. The molecule has 29 heavy (non-hydrogen) atoms. The van der Waals surface area contributed by atoms with E-state index in [0.29, 0.717) is 19.8 Å². The van der Waals surface area contributed by atoms with E-state index in [0.717, 1.165) is 16.7 Å². The normalized spacial score (nSPS) is 11.7. The summed E-state index contributed by atoms with van der Waals surface area (Å²) in [7, 11) is 0. The topological polar surface area (TPSA) is 36.9 Å². The maximum atomic E-state index is 6.31. The molecule has 0 aliphatic carbocycles. The Morgan fingerprint density at radius 1 is 0.552 bits per heavy atom. The van der Waals surface area contributed by atoms with E-state index < -0.39 is 22.0 Å². The van der Waals surface area contributed by atoms with Crippen LogP contribution in [0.3, 0.4) is 0 Å². The minimum absolute atomic E-state index is 0.0619. The summed E-state index contributed by atoms with van der Waals surface area (Å²) in [6.07, 6.45) is -0.0619. The van der Waals surface area contributed by atoms with Gasteiger partial charge in [0.05, 0.1) is 0 Å². The molecule has 0 amide bonds. The van der Waals surface area contributed by atoms with Crippen molar-refractivity contribution in [2.45, 2.75) is 39.8 Å². The first-order valence-corrected chi connectivity index (χ1v) is 13.9. The molecule has 0 atom stereocenters. The van der Waals surface area contributed by atoms with E-state index in [1.807, 2.05) is 105 Å². The number of hydrogen-bond donors (Lipinski definition) is 0. The fourth-order valence-electron chi connectivity index (χ4n) is 2.75. The van der Waals surface area contributed by atoms with E-state index in [2.05, 4.69) is 0 Å². The van der Waals surface area contributed by atoms with Crippen LogP contribution in [0.2, 0.25) is 0 Å². The van der Waals surface area contributed by atoms with Gasteiger partial charge in [-0.1, -0.05) is 0 Å². The van der Waals surface area contributed by atoms with E-state index >= 15 is 0 Å². The van der Waals surface area contributed by atoms with Gasteiger partial charge in [0.1, 0.15) is 0 Å². The fourth-order valence-corrected chi connectivity index (χ4v) is 7.82. The van der Waals surface area contributed by atoms with Crippen LogP contribution in [-0.2, 0) is 53.1 Å². The summed E-state index contributed by atoms with van der Waals surface area (Å²) >= 11 is -4.32. The molecule has 152 valence electrons. The second-order valence-electron chi connectivity index (χ2n) is 6.99. The van der Waals surface area contributed by atoms with Gasteiger partial charge in [0.25, 0.3) is 0 Å². The zero-order valence-electron chi connectivity index (χ0n) is 17.0. The Labute approximate surface area is 180 Å². The van der Waals surface area contributed by atoms with Crippen LogP contribution in [0.15, 0.2) is 91.0 Å². The summed E-state index contributed by atoms with van der Waals surface area (Å²) in [5, 5.41) is 0. The molecule has 0 spiro atoms. The van der Waals surface area contributed by atoms with Crippen molar-refractivity contribution in [3.8, 4) is 0 Å². The van der Waals surface area contributed by atoms with Crippen molar-refractivity contribution in [3.63, 3.8) is 0 Å². The Kier molecular flexibility index (Phi) is 8.78. The molecule has 0 aromatic heterocycles. The van der Waals surface area contributed by atoms with Gasteiger partial charge in [-0.05, 0) is 0 Å². The van der Waals surface area contributed by atoms with Crippen molar-refractivity contribution in [1.82, 2.24) is 0 Å². The van der Waals surface area contributed by atoms with Gasteiger partial charge in [0, 0.05) is 0 Å². The quantitative estimate of drug-likeness (QED) is 0.350. The predicted molar refractivity (Wildman–Crippen MR) is 110 cm³/mol. The van der Waals surface area contributed by atoms with Crippen LogP contribution >= 0.6 is 0 Å². The van der Waals surface area contributed by atoms with Crippen LogP contribution in [0.1, 0.15) is 30.5 Å². The molecule has 0 aliphatic heterocycles. The fraction of sp³-hybridized carbons (Fsp3) is 0.250. The molecular weight excluding hydrogens is 443 g/mol. The molecule has 0 heterocycles. The Morgan fingerprint density at radius 3 is 1.14 bits per heavy atom. The molecule has 5 heteroatoms. The number of hydrogen-bond acceptors (Lipinski definition) is 4. The Hall–Kier alpha value is -1.62. The van der Waals surface area contributed by atoms with Crippen molar-refractivity contribution in [2.24, 2.45) is 0 Å². The number of benzene rings is 3. The molecule has 0 saturated carbocycles. The van der Waals surface area contributed by atoms with Gasteiger partial charge < -0.3 is 0 Å². The van der Waals surface area contributed by atoms with Crippen LogP contribution < -0.4 is 0 Å². The van der Waals surface area contributed by atoms with E-state index in [4.69, 9.17) is 11.3 Å². The van der Waals surface area contributed by atoms with Crippen LogP contribution in [-0.4, -0.2) is 6.10 Å². The average molecular weight is 472 g/mol. The third-order valence-corrected chi connectivity index (χ3v) is 9.70. The van der Waals surface area contributed by atoms with E-state index in [-0.39, 0.29) is 6.10 Å². The van der Waals surface area contributed by atoms with Crippen LogP contribution in [0.4, 0.5) is 0 Å². The predicted octanol–water partition coefficient (Wildman–Crippen LogP) is 5.88. The molecule has 3 aromatic carbocycles. The van der Waals surface area contributed by atoms with Gasteiger partial charge >= 0.3 is 181 Å². The maximum absolute atomic E-state index is 6.31. The van der Waals surface area contributed by atoms with Crippen LogP contribution in [0, 0.1) is 0 Å². The molecule has 0 bridgehead atoms. The second-order valence-corrected chi connectivity index (χ2v) is 12.2. The average Bonchev–Trinajstić information content (AvgIpc) is 2.76. The first-order chi connectivity index (χ1) is 14.2. The molecular formula is C24H28O4Zr. The van der Waals surface area contributed by atoms with Crippen molar-refractivity contribution in [1.29, 1.82) is 0 Å². The SMILES string of the molecule is CC(C)[O][Zr]([O]Cc1ccccc1)([O]Cc1ccccc1)[O]Cc1ccccc1. The van der Waals surface area contributed by atoms with Crippen molar-refractivity contribution >= 4 is 0 Å². The molecule has 0 unspecified atom stereocenters. The van der Waals surface area contributed by atoms with Crippen molar-refractivity contribution in [3.05, 3.63) is 108 Å². The summed E-state index contributed by atoms with van der Waals surface area (Å²) < 4.78 is 25.2. The molecule has 3 rings (SSSR count). The first-order valence-electron chi connectivity index (χ1n) is 9.87. The molecule has 3 aromatic rings. The molecule has 0 radical (unpaired) electrons.